The van der Waals surface area contributed by atoms with Crippen LogP contribution in [-0.4, -0.2) is 85.2 Å². The van der Waals surface area contributed by atoms with E-state index in [1.807, 2.05) is 44.2 Å². The lowest BCUT2D eigenvalue weighted by atomic mass is 9.44. The van der Waals surface area contributed by atoms with Crippen molar-refractivity contribution in [2.45, 2.75) is 86.2 Å². The Labute approximate surface area is 343 Å². The van der Waals surface area contributed by atoms with Crippen LogP contribution in [0.1, 0.15) is 104 Å². The molecule has 4 aliphatic rings. The number of piperazine rings is 1. The highest BCUT2D eigenvalue weighted by atomic mass is 16.5. The predicted octanol–water partition coefficient (Wildman–Crippen LogP) is 6.94. The van der Waals surface area contributed by atoms with Gasteiger partial charge in [-0.15, -0.1) is 0 Å². The summed E-state index contributed by atoms with van der Waals surface area (Å²) in [6.45, 7) is 19.6. The first-order valence-corrected chi connectivity index (χ1v) is 21.0. The number of nitrogens with zero attached hydrogens (tertiary/aromatic N) is 5. The number of rotatable bonds is 12. The molecule has 4 heterocycles. The van der Waals surface area contributed by atoms with Crippen LogP contribution < -0.4 is 19.9 Å². The van der Waals surface area contributed by atoms with Gasteiger partial charge in [-0.3, -0.25) is 34.4 Å². The fourth-order valence-electron chi connectivity index (χ4n) is 10.4. The third kappa shape index (κ3) is 8.54. The molecular weight excluding hydrogens is 729 g/mol. The quantitative estimate of drug-likeness (QED) is 0.152. The average molecular weight is 787 g/mol. The van der Waals surface area contributed by atoms with Crippen molar-refractivity contribution in [1.82, 2.24) is 15.2 Å². The van der Waals surface area contributed by atoms with Crippen LogP contribution in [0.3, 0.4) is 0 Å². The normalized spacial score (nSPS) is 23.4. The maximum atomic E-state index is 13.7. The summed E-state index contributed by atoms with van der Waals surface area (Å²) in [5.41, 5.74) is 5.44. The Kier molecular flexibility index (Phi) is 11.8. The minimum atomic E-state index is -0.478. The molecule has 7 rings (SSSR count). The number of anilines is 2. The molecule has 0 radical (unpaired) electrons. The van der Waals surface area contributed by atoms with E-state index in [2.05, 4.69) is 70.9 Å². The van der Waals surface area contributed by atoms with Crippen LogP contribution in [0.4, 0.5) is 11.4 Å². The highest BCUT2D eigenvalue weighted by molar-refractivity contribution is 6.02. The largest absolute Gasteiger partial charge is 0.489 e. The molecule has 1 aliphatic carbocycles. The van der Waals surface area contributed by atoms with Gasteiger partial charge in [0, 0.05) is 93.1 Å². The molecule has 3 saturated heterocycles. The summed E-state index contributed by atoms with van der Waals surface area (Å²) < 4.78 is 6.59. The number of piperidine rings is 2. The second-order valence-corrected chi connectivity index (χ2v) is 18.3. The molecule has 1 saturated carbocycles. The Morgan fingerprint density at radius 3 is 2.03 bits per heavy atom. The Morgan fingerprint density at radius 1 is 0.828 bits per heavy atom. The molecule has 58 heavy (non-hydrogen) atoms. The van der Waals surface area contributed by atoms with E-state index in [1.54, 1.807) is 12.3 Å². The first-order valence-electron chi connectivity index (χ1n) is 21.0. The highest BCUT2D eigenvalue weighted by Gasteiger charge is 2.63. The number of aryl methyl sites for hydroxylation is 2. The molecule has 0 bridgehead atoms. The molecule has 2 aromatic carbocycles. The number of Topliss-reactive ketones (excluding diaryl/α,β-unsaturated/α-hetero) is 2. The van der Waals surface area contributed by atoms with Crippen LogP contribution in [0, 0.1) is 53.8 Å². The van der Waals surface area contributed by atoms with Crippen molar-refractivity contribution < 1.29 is 23.9 Å². The second kappa shape index (κ2) is 16.6. The zero-order valence-electron chi connectivity index (χ0n) is 35.0. The fraction of sp³-hybridized carbons (Fsp3) is 0.532. The number of hydrogen-bond acceptors (Lipinski definition) is 10. The van der Waals surface area contributed by atoms with Gasteiger partial charge in [-0.1, -0.05) is 27.7 Å². The van der Waals surface area contributed by atoms with Crippen molar-refractivity contribution in [2.75, 3.05) is 55.6 Å². The molecule has 11 nitrogen and oxygen atoms in total. The van der Waals surface area contributed by atoms with Gasteiger partial charge in [0.05, 0.1) is 23.5 Å². The summed E-state index contributed by atoms with van der Waals surface area (Å²) >= 11 is 0. The van der Waals surface area contributed by atoms with Gasteiger partial charge >= 0.3 is 0 Å². The molecule has 1 atom stereocenters. The topological polar surface area (TPSA) is 136 Å². The fourth-order valence-corrected chi connectivity index (χ4v) is 10.4. The number of ether oxygens (including phenoxy) is 1. The molecule has 306 valence electrons. The third-order valence-corrected chi connectivity index (χ3v) is 13.7. The standard InChI is InChI=1S/C47H58N6O5/c1-30-23-37(24-31(2)38(30)27-48)58-45-46(3,4)42(47(45,5)6)26-40(54)33-7-10-35(11-8-33)52-17-15-32(16-18-52)29-51-19-21-53(22-20-51)36-12-13-39(49-28-36)41(55)25-34-9-14-43(56)50-44(34)57/h7-8,10-13,23-24,28,32,34,42,45H,9,14-22,25-26,29H2,1-6H3,(H,50,56,57)/t34-,42?,45?/m1/s1. The van der Waals surface area contributed by atoms with Crippen molar-refractivity contribution in [1.29, 1.82) is 5.26 Å². The van der Waals surface area contributed by atoms with Gasteiger partial charge in [0.25, 0.3) is 0 Å². The minimum Gasteiger partial charge on any atom is -0.489 e. The third-order valence-electron chi connectivity index (χ3n) is 13.7. The summed E-state index contributed by atoms with van der Waals surface area (Å²) in [4.78, 5) is 61.7. The Hall–Kier alpha value is -5.08. The number of imide groups is 1. The van der Waals surface area contributed by atoms with E-state index in [0.717, 1.165) is 86.8 Å². The van der Waals surface area contributed by atoms with E-state index in [0.29, 0.717) is 30.0 Å². The van der Waals surface area contributed by atoms with Crippen molar-refractivity contribution in [3.05, 3.63) is 82.7 Å². The molecule has 2 amide bonds. The van der Waals surface area contributed by atoms with Crippen molar-refractivity contribution >= 4 is 34.8 Å². The molecule has 1 aromatic heterocycles. The van der Waals surface area contributed by atoms with Crippen molar-refractivity contribution in [3.8, 4) is 11.8 Å². The minimum absolute atomic E-state index is 0.0542. The lowest BCUT2D eigenvalue weighted by molar-refractivity contribution is -0.196. The smallest absolute Gasteiger partial charge is 0.230 e. The van der Waals surface area contributed by atoms with Crippen LogP contribution in [0.25, 0.3) is 0 Å². The van der Waals surface area contributed by atoms with E-state index in [-0.39, 0.29) is 59.1 Å². The highest BCUT2D eigenvalue weighted by Crippen LogP contribution is 2.61. The molecule has 3 aromatic rings. The van der Waals surface area contributed by atoms with Gasteiger partial charge < -0.3 is 14.5 Å². The number of pyridine rings is 1. The van der Waals surface area contributed by atoms with Gasteiger partial charge in [-0.2, -0.15) is 5.26 Å². The number of hydrogen-bond donors (Lipinski definition) is 1. The maximum Gasteiger partial charge on any atom is 0.230 e. The summed E-state index contributed by atoms with van der Waals surface area (Å²) in [6, 6.07) is 18.1. The number of aromatic nitrogens is 1. The SMILES string of the molecule is Cc1cc(OC2C(C)(C)C(CC(=O)c3ccc(N4CCC(CN5CCN(c6ccc(C(=O)C[C@H]7CCC(=O)NC7=O)nc6)CC5)CC4)cc3)C2(C)C)cc(C)c1C#N. The molecule has 4 fully saturated rings. The van der Waals surface area contributed by atoms with Crippen LogP contribution >= 0.6 is 0 Å². The molecule has 0 unspecified atom stereocenters. The number of ketones is 2. The summed E-state index contributed by atoms with van der Waals surface area (Å²) in [5, 5.41) is 11.8. The zero-order chi connectivity index (χ0) is 41.4. The molecule has 3 aliphatic heterocycles. The summed E-state index contributed by atoms with van der Waals surface area (Å²) in [5.74, 6) is 0.463. The molecule has 11 heteroatoms. The second-order valence-electron chi connectivity index (χ2n) is 18.3. The Bertz CT molecular complexity index is 2030. The van der Waals surface area contributed by atoms with Gasteiger partial charge in [-0.25, -0.2) is 0 Å². The number of nitrogens with one attached hydrogen (secondary N) is 1. The Balaban J connectivity index is 0.837. The number of amides is 2. The summed E-state index contributed by atoms with van der Waals surface area (Å²) in [7, 11) is 0. The number of carbonyl (C=O) groups is 4. The monoisotopic (exact) mass is 786 g/mol. The van der Waals surface area contributed by atoms with Crippen molar-refractivity contribution in [3.63, 3.8) is 0 Å². The van der Waals surface area contributed by atoms with E-state index in [4.69, 9.17) is 4.74 Å². The van der Waals surface area contributed by atoms with Gasteiger partial charge in [0.2, 0.25) is 11.8 Å². The van der Waals surface area contributed by atoms with Crippen LogP contribution in [0.5, 0.6) is 5.75 Å². The Morgan fingerprint density at radius 2 is 1.45 bits per heavy atom. The van der Waals surface area contributed by atoms with Crippen LogP contribution in [-0.2, 0) is 9.59 Å². The molecular formula is C47H58N6O5. The predicted molar refractivity (Wildman–Crippen MR) is 224 cm³/mol. The van der Waals surface area contributed by atoms with E-state index in [1.165, 1.54) is 5.69 Å². The lowest BCUT2D eigenvalue weighted by Crippen LogP contribution is -2.66. The van der Waals surface area contributed by atoms with E-state index < -0.39 is 5.92 Å². The van der Waals surface area contributed by atoms with Gasteiger partial charge in [0.15, 0.2) is 11.6 Å². The van der Waals surface area contributed by atoms with E-state index in [9.17, 15) is 24.4 Å². The first kappa shape index (κ1) is 41.1. The van der Waals surface area contributed by atoms with Crippen molar-refractivity contribution in [2.24, 2.45) is 28.6 Å². The van der Waals surface area contributed by atoms with Crippen LogP contribution in [0.15, 0.2) is 54.7 Å². The number of nitriles is 1. The first-order chi connectivity index (χ1) is 27.6. The molecule has 0 spiro atoms. The van der Waals surface area contributed by atoms with Crippen LogP contribution in [0.2, 0.25) is 0 Å². The van der Waals surface area contributed by atoms with Gasteiger partial charge in [-0.05, 0) is 105 Å². The maximum absolute atomic E-state index is 13.7. The molecule has 1 N–H and O–H groups in total. The summed E-state index contributed by atoms with van der Waals surface area (Å²) in [6.07, 6.45) is 5.18. The lowest BCUT2D eigenvalue weighted by Gasteiger charge is -2.63. The average Bonchev–Trinajstić information content (AvgIpc) is 3.20. The zero-order valence-corrected chi connectivity index (χ0v) is 35.0. The number of carbonyl (C=O) groups excluding carboxylic acids is 4. The number of benzene rings is 2. The van der Waals surface area contributed by atoms with Gasteiger partial charge in [0.1, 0.15) is 17.5 Å². The van der Waals surface area contributed by atoms with E-state index >= 15 is 0 Å².